The van der Waals surface area contributed by atoms with Gasteiger partial charge in [0, 0.05) is 17.7 Å². The van der Waals surface area contributed by atoms with Crippen molar-refractivity contribution in [1.29, 1.82) is 0 Å². The van der Waals surface area contributed by atoms with Crippen molar-refractivity contribution in [3.63, 3.8) is 0 Å². The van der Waals surface area contributed by atoms with Crippen LogP contribution in [0.3, 0.4) is 0 Å². The van der Waals surface area contributed by atoms with Gasteiger partial charge in [-0.25, -0.2) is 9.48 Å². The molecule has 0 aliphatic heterocycles. The van der Waals surface area contributed by atoms with E-state index in [1.807, 2.05) is 50.2 Å². The lowest BCUT2D eigenvalue weighted by Crippen LogP contribution is -2.38. The van der Waals surface area contributed by atoms with Gasteiger partial charge in [0.05, 0.1) is 18.3 Å². The van der Waals surface area contributed by atoms with Crippen molar-refractivity contribution in [3.05, 3.63) is 36.4 Å². The smallest absolute Gasteiger partial charge is 0.320 e. The van der Waals surface area contributed by atoms with Crippen molar-refractivity contribution >= 4 is 11.8 Å². The van der Waals surface area contributed by atoms with Crippen molar-refractivity contribution in [3.8, 4) is 11.3 Å². The van der Waals surface area contributed by atoms with Gasteiger partial charge >= 0.3 is 6.03 Å². The summed E-state index contributed by atoms with van der Waals surface area (Å²) in [5, 5.41) is 19.0. The number of amides is 2. The number of carbonyl (C=O) groups is 1. The van der Waals surface area contributed by atoms with E-state index in [1.54, 1.807) is 11.6 Å². The van der Waals surface area contributed by atoms with Gasteiger partial charge in [0.2, 0.25) is 0 Å². The van der Waals surface area contributed by atoms with Crippen LogP contribution in [0.15, 0.2) is 36.4 Å². The first-order chi connectivity index (χ1) is 10.5. The molecule has 1 unspecified atom stereocenters. The summed E-state index contributed by atoms with van der Waals surface area (Å²) in [7, 11) is 0. The number of nitrogens with zero attached hydrogens (tertiary/aromatic N) is 2. The van der Waals surface area contributed by atoms with Crippen LogP contribution in [-0.4, -0.2) is 33.6 Å². The number of hydrogen-bond acceptors (Lipinski definition) is 3. The van der Waals surface area contributed by atoms with E-state index in [-0.39, 0.29) is 24.7 Å². The van der Waals surface area contributed by atoms with Crippen molar-refractivity contribution in [1.82, 2.24) is 15.1 Å². The van der Waals surface area contributed by atoms with Gasteiger partial charge in [0.1, 0.15) is 5.82 Å². The van der Waals surface area contributed by atoms with Crippen molar-refractivity contribution in [2.24, 2.45) is 0 Å². The third kappa shape index (κ3) is 3.85. The first kappa shape index (κ1) is 16.0. The molecule has 1 heterocycles. The van der Waals surface area contributed by atoms with Gasteiger partial charge in [-0.1, -0.05) is 30.3 Å². The van der Waals surface area contributed by atoms with Crippen LogP contribution >= 0.6 is 0 Å². The van der Waals surface area contributed by atoms with Crippen LogP contribution in [0, 0.1) is 0 Å². The van der Waals surface area contributed by atoms with Gasteiger partial charge in [0.15, 0.2) is 0 Å². The second kappa shape index (κ2) is 7.09. The van der Waals surface area contributed by atoms with Crippen LogP contribution < -0.4 is 10.6 Å². The Morgan fingerprint density at radius 2 is 1.95 bits per heavy atom. The lowest BCUT2D eigenvalue weighted by molar-refractivity contribution is 0.229. The largest absolute Gasteiger partial charge is 0.394 e. The van der Waals surface area contributed by atoms with Crippen LogP contribution in [0.5, 0.6) is 0 Å². The quantitative estimate of drug-likeness (QED) is 0.794. The monoisotopic (exact) mass is 302 g/mol. The fraction of sp³-hybridized carbons (Fsp3) is 0.375. The zero-order valence-electron chi connectivity index (χ0n) is 13.1. The molecule has 118 valence electrons. The zero-order chi connectivity index (χ0) is 16.1. The van der Waals surface area contributed by atoms with E-state index >= 15 is 0 Å². The van der Waals surface area contributed by atoms with Gasteiger partial charge in [-0.2, -0.15) is 5.10 Å². The summed E-state index contributed by atoms with van der Waals surface area (Å²) in [6.07, 6.45) is 0. The lowest BCUT2D eigenvalue weighted by atomic mass is 10.2. The van der Waals surface area contributed by atoms with E-state index in [9.17, 15) is 4.79 Å². The summed E-state index contributed by atoms with van der Waals surface area (Å²) in [4.78, 5) is 11.9. The minimum Gasteiger partial charge on any atom is -0.394 e. The van der Waals surface area contributed by atoms with E-state index in [0.29, 0.717) is 5.82 Å². The molecule has 22 heavy (non-hydrogen) atoms. The van der Waals surface area contributed by atoms with E-state index in [1.165, 1.54) is 0 Å². The summed E-state index contributed by atoms with van der Waals surface area (Å²) < 4.78 is 1.77. The predicted octanol–water partition coefficient (Wildman–Crippen LogP) is 2.63. The number of aliphatic hydroxyl groups excluding tert-OH is 1. The van der Waals surface area contributed by atoms with Crippen LogP contribution in [0.25, 0.3) is 11.3 Å². The van der Waals surface area contributed by atoms with Gasteiger partial charge in [-0.15, -0.1) is 0 Å². The molecule has 0 fully saturated rings. The molecule has 2 amide bonds. The highest BCUT2D eigenvalue weighted by molar-refractivity contribution is 5.89. The highest BCUT2D eigenvalue weighted by atomic mass is 16.3. The Balaban J connectivity index is 2.23. The van der Waals surface area contributed by atoms with Gasteiger partial charge in [0.25, 0.3) is 0 Å². The number of anilines is 1. The Kier molecular flexibility index (Phi) is 5.16. The number of rotatable bonds is 5. The number of aromatic nitrogens is 2. The van der Waals surface area contributed by atoms with Crippen molar-refractivity contribution in [2.45, 2.75) is 32.9 Å². The Morgan fingerprint density at radius 1 is 1.27 bits per heavy atom. The third-order valence-electron chi connectivity index (χ3n) is 3.19. The summed E-state index contributed by atoms with van der Waals surface area (Å²) in [5.74, 6) is 0.622. The van der Waals surface area contributed by atoms with Gasteiger partial charge in [-0.3, -0.25) is 5.32 Å². The van der Waals surface area contributed by atoms with E-state index in [2.05, 4.69) is 15.7 Å². The van der Waals surface area contributed by atoms with Crippen molar-refractivity contribution < 1.29 is 9.90 Å². The molecule has 0 bridgehead atoms. The molecular weight excluding hydrogens is 280 g/mol. The predicted molar refractivity (Wildman–Crippen MR) is 86.8 cm³/mol. The molecule has 0 saturated heterocycles. The molecule has 0 aliphatic rings. The maximum atomic E-state index is 11.9. The maximum absolute atomic E-state index is 11.9. The second-order valence-corrected chi connectivity index (χ2v) is 5.50. The molecule has 6 nitrogen and oxygen atoms in total. The fourth-order valence-electron chi connectivity index (χ4n) is 2.05. The van der Waals surface area contributed by atoms with Gasteiger partial charge in [-0.05, 0) is 20.8 Å². The van der Waals surface area contributed by atoms with E-state index < -0.39 is 0 Å². The Bertz CT molecular complexity index is 622. The number of carbonyl (C=O) groups excluding carboxylic acids is 1. The van der Waals surface area contributed by atoms with Gasteiger partial charge < -0.3 is 10.4 Å². The topological polar surface area (TPSA) is 79.2 Å². The molecule has 2 rings (SSSR count). The van der Waals surface area contributed by atoms with E-state index in [0.717, 1.165) is 11.3 Å². The second-order valence-electron chi connectivity index (χ2n) is 5.50. The van der Waals surface area contributed by atoms with Crippen LogP contribution in [0.4, 0.5) is 10.6 Å². The maximum Gasteiger partial charge on any atom is 0.320 e. The molecule has 1 atom stereocenters. The number of hydrogen-bond donors (Lipinski definition) is 3. The minimum atomic E-state index is -0.358. The molecule has 0 aliphatic carbocycles. The Morgan fingerprint density at radius 3 is 2.55 bits per heavy atom. The number of urea groups is 1. The fourth-order valence-corrected chi connectivity index (χ4v) is 2.05. The highest BCUT2D eigenvalue weighted by Gasteiger charge is 2.15. The molecule has 2 aromatic rings. The van der Waals surface area contributed by atoms with Crippen molar-refractivity contribution in [2.75, 3.05) is 11.9 Å². The average molecular weight is 302 g/mol. The summed E-state index contributed by atoms with van der Waals surface area (Å²) in [6, 6.07) is 11.1. The SMILES string of the molecule is CC(CO)NC(=O)Nc1cc(-c2ccccc2)nn1C(C)C. The minimum absolute atomic E-state index is 0.105. The summed E-state index contributed by atoms with van der Waals surface area (Å²) in [5.41, 5.74) is 1.80. The highest BCUT2D eigenvalue weighted by Crippen LogP contribution is 2.24. The Hall–Kier alpha value is -2.34. The molecule has 3 N–H and O–H groups in total. The third-order valence-corrected chi connectivity index (χ3v) is 3.19. The summed E-state index contributed by atoms with van der Waals surface area (Å²) >= 11 is 0. The van der Waals surface area contributed by atoms with E-state index in [4.69, 9.17) is 5.11 Å². The normalized spacial score (nSPS) is 12.2. The molecule has 0 spiro atoms. The molecule has 1 aromatic heterocycles. The standard InChI is InChI=1S/C16H22N4O2/c1-11(2)20-15(18-16(22)17-12(3)10-21)9-14(19-20)13-7-5-4-6-8-13/h4-9,11-12,21H,10H2,1-3H3,(H2,17,18,22). The zero-order valence-corrected chi connectivity index (χ0v) is 13.1. The molecule has 1 aromatic carbocycles. The molecule has 0 saturated carbocycles. The van der Waals surface area contributed by atoms with Crippen LogP contribution in [0.1, 0.15) is 26.8 Å². The average Bonchev–Trinajstić information content (AvgIpc) is 2.92. The van der Waals surface area contributed by atoms with Crippen LogP contribution in [-0.2, 0) is 0 Å². The summed E-state index contributed by atoms with van der Waals surface area (Å²) in [6.45, 7) is 5.63. The number of aliphatic hydroxyl groups is 1. The molecular formula is C16H22N4O2. The first-order valence-corrected chi connectivity index (χ1v) is 7.34. The Labute approximate surface area is 130 Å². The number of benzene rings is 1. The first-order valence-electron chi connectivity index (χ1n) is 7.34. The molecule has 0 radical (unpaired) electrons. The number of nitrogens with one attached hydrogen (secondary N) is 2. The molecule has 6 heteroatoms. The van der Waals surface area contributed by atoms with Crippen LogP contribution in [0.2, 0.25) is 0 Å². The lowest BCUT2D eigenvalue weighted by Gasteiger charge is -2.14.